The Labute approximate surface area is 168 Å². The molecule has 1 atom stereocenters. The van der Waals surface area contributed by atoms with Crippen molar-refractivity contribution in [3.05, 3.63) is 0 Å². The standard InChI is InChI=1S/C13H25N3O4.K/c1-10(2)15(3)13(19)14-11(12(17)18)4-5-16-6-8-20-9-7-16;/h10-11H,4-9H2,1-3H3,(H,14,19)(H,17,18);/q;+1/p-1. The zero-order chi connectivity index (χ0) is 15.1. The van der Waals surface area contributed by atoms with Gasteiger partial charge >= 0.3 is 57.4 Å². The van der Waals surface area contributed by atoms with Gasteiger partial charge in [-0.1, -0.05) is 0 Å². The van der Waals surface area contributed by atoms with E-state index in [1.165, 1.54) is 4.90 Å². The van der Waals surface area contributed by atoms with Crippen molar-refractivity contribution in [1.82, 2.24) is 15.1 Å². The van der Waals surface area contributed by atoms with E-state index in [1.807, 2.05) is 13.8 Å². The molecule has 0 bridgehead atoms. The number of carbonyl (C=O) groups is 2. The molecule has 1 aliphatic rings. The fraction of sp³-hybridized carbons (Fsp3) is 0.846. The van der Waals surface area contributed by atoms with E-state index < -0.39 is 18.0 Å². The Kier molecular flexibility index (Phi) is 11.1. The molecule has 0 spiro atoms. The first-order valence-corrected chi connectivity index (χ1v) is 6.96. The van der Waals surface area contributed by atoms with Gasteiger partial charge in [0.2, 0.25) is 0 Å². The second kappa shape index (κ2) is 10.9. The first-order valence-electron chi connectivity index (χ1n) is 6.96. The predicted molar refractivity (Wildman–Crippen MR) is 72.1 cm³/mol. The van der Waals surface area contributed by atoms with Crippen molar-refractivity contribution in [2.24, 2.45) is 0 Å². The minimum atomic E-state index is -1.25. The van der Waals surface area contributed by atoms with E-state index in [2.05, 4.69) is 10.2 Å². The van der Waals surface area contributed by atoms with Gasteiger partial charge in [0.1, 0.15) is 0 Å². The smallest absolute Gasteiger partial charge is 0.548 e. The van der Waals surface area contributed by atoms with Gasteiger partial charge in [0.05, 0.1) is 25.2 Å². The minimum absolute atomic E-state index is 0. The van der Waals surface area contributed by atoms with Crippen LogP contribution < -0.4 is 61.8 Å². The summed E-state index contributed by atoms with van der Waals surface area (Å²) in [6.07, 6.45) is 0.333. The van der Waals surface area contributed by atoms with Gasteiger partial charge in [0, 0.05) is 32.7 Å². The summed E-state index contributed by atoms with van der Waals surface area (Å²) in [6.45, 7) is 7.24. The van der Waals surface area contributed by atoms with Crippen LogP contribution in [-0.4, -0.2) is 73.8 Å². The number of morpholine rings is 1. The van der Waals surface area contributed by atoms with Crippen molar-refractivity contribution < 1.29 is 70.8 Å². The molecule has 0 aromatic heterocycles. The first-order chi connectivity index (χ1) is 9.41. The molecule has 1 aliphatic heterocycles. The van der Waals surface area contributed by atoms with Gasteiger partial charge in [-0.15, -0.1) is 0 Å². The van der Waals surface area contributed by atoms with Gasteiger partial charge in [-0.25, -0.2) is 4.79 Å². The van der Waals surface area contributed by atoms with Crippen LogP contribution in [0.2, 0.25) is 0 Å². The number of nitrogens with one attached hydrogen (secondary N) is 1. The van der Waals surface area contributed by atoms with E-state index >= 15 is 0 Å². The average molecular weight is 325 g/mol. The minimum Gasteiger partial charge on any atom is -0.548 e. The van der Waals surface area contributed by atoms with Crippen LogP contribution in [-0.2, 0) is 9.53 Å². The molecule has 1 unspecified atom stereocenters. The van der Waals surface area contributed by atoms with E-state index in [0.29, 0.717) is 26.2 Å². The summed E-state index contributed by atoms with van der Waals surface area (Å²) in [5.74, 6) is -1.25. The van der Waals surface area contributed by atoms with E-state index in [4.69, 9.17) is 4.74 Å². The van der Waals surface area contributed by atoms with Crippen LogP contribution in [0.5, 0.6) is 0 Å². The van der Waals surface area contributed by atoms with Crippen LogP contribution in [0.4, 0.5) is 4.79 Å². The Bertz CT molecular complexity index is 335. The summed E-state index contributed by atoms with van der Waals surface area (Å²) < 4.78 is 5.23. The number of carboxylic acids is 1. The maximum absolute atomic E-state index is 11.8. The molecule has 0 aromatic rings. The molecule has 7 nitrogen and oxygen atoms in total. The molecule has 116 valence electrons. The third-order valence-corrected chi connectivity index (χ3v) is 3.51. The Morgan fingerprint density at radius 3 is 2.38 bits per heavy atom. The van der Waals surface area contributed by atoms with Gasteiger partial charge in [-0.3, -0.25) is 4.90 Å². The van der Waals surface area contributed by atoms with Gasteiger partial charge in [0.15, 0.2) is 0 Å². The fourth-order valence-electron chi connectivity index (χ4n) is 1.87. The Morgan fingerprint density at radius 1 is 1.33 bits per heavy atom. The summed E-state index contributed by atoms with van der Waals surface area (Å²) >= 11 is 0. The number of nitrogens with zero attached hydrogens (tertiary/aromatic N) is 2. The van der Waals surface area contributed by atoms with Crippen LogP contribution in [0.15, 0.2) is 0 Å². The summed E-state index contributed by atoms with van der Waals surface area (Å²) in [5, 5.41) is 13.6. The molecule has 2 amide bonds. The largest absolute Gasteiger partial charge is 1.00 e. The molecule has 1 fully saturated rings. The van der Waals surface area contributed by atoms with E-state index in [-0.39, 0.29) is 57.4 Å². The molecule has 1 saturated heterocycles. The van der Waals surface area contributed by atoms with Crippen molar-refractivity contribution in [1.29, 1.82) is 0 Å². The van der Waals surface area contributed by atoms with Gasteiger partial charge in [-0.2, -0.15) is 0 Å². The van der Waals surface area contributed by atoms with Crippen LogP contribution in [0.1, 0.15) is 20.3 Å². The number of carbonyl (C=O) groups excluding carboxylic acids is 2. The Balaban J connectivity index is 0.00000400. The first kappa shape index (κ1) is 21.3. The summed E-state index contributed by atoms with van der Waals surface area (Å²) in [5.41, 5.74) is 0. The summed E-state index contributed by atoms with van der Waals surface area (Å²) in [7, 11) is 1.63. The van der Waals surface area contributed by atoms with Crippen LogP contribution in [0, 0.1) is 0 Å². The average Bonchev–Trinajstić information content (AvgIpc) is 2.42. The molecule has 0 aromatic carbocycles. The molecule has 0 radical (unpaired) electrons. The third kappa shape index (κ3) is 7.92. The Morgan fingerprint density at radius 2 is 1.90 bits per heavy atom. The van der Waals surface area contributed by atoms with Crippen molar-refractivity contribution in [3.63, 3.8) is 0 Å². The van der Waals surface area contributed by atoms with Crippen molar-refractivity contribution >= 4 is 12.0 Å². The van der Waals surface area contributed by atoms with Gasteiger partial charge in [-0.05, 0) is 20.3 Å². The number of urea groups is 1. The fourth-order valence-corrected chi connectivity index (χ4v) is 1.87. The normalized spacial score (nSPS) is 17.0. The van der Waals surface area contributed by atoms with E-state index in [1.54, 1.807) is 7.05 Å². The number of carboxylic acid groups (broad SMARTS) is 1. The van der Waals surface area contributed by atoms with Crippen LogP contribution in [0.25, 0.3) is 0 Å². The van der Waals surface area contributed by atoms with Gasteiger partial charge < -0.3 is 24.9 Å². The monoisotopic (exact) mass is 325 g/mol. The summed E-state index contributed by atoms with van der Waals surface area (Å²) in [4.78, 5) is 26.5. The maximum atomic E-state index is 11.8. The quantitative estimate of drug-likeness (QED) is 0.502. The van der Waals surface area contributed by atoms with Crippen molar-refractivity contribution in [2.45, 2.75) is 32.4 Å². The Hall–Kier alpha value is 0.296. The van der Waals surface area contributed by atoms with Crippen LogP contribution in [0.3, 0.4) is 0 Å². The van der Waals surface area contributed by atoms with E-state index in [0.717, 1.165) is 13.1 Å². The molecule has 21 heavy (non-hydrogen) atoms. The molecule has 1 N–H and O–H groups in total. The number of hydrogen-bond acceptors (Lipinski definition) is 5. The number of aliphatic carboxylic acids is 1. The second-order valence-corrected chi connectivity index (χ2v) is 5.27. The third-order valence-electron chi connectivity index (χ3n) is 3.51. The van der Waals surface area contributed by atoms with Crippen molar-refractivity contribution in [2.75, 3.05) is 39.9 Å². The molecule has 1 heterocycles. The van der Waals surface area contributed by atoms with Gasteiger partial charge in [0.25, 0.3) is 0 Å². The maximum Gasteiger partial charge on any atom is 1.00 e. The predicted octanol–water partition coefficient (Wildman–Crippen LogP) is -4.12. The topological polar surface area (TPSA) is 84.9 Å². The van der Waals surface area contributed by atoms with Crippen molar-refractivity contribution in [3.8, 4) is 0 Å². The second-order valence-electron chi connectivity index (χ2n) is 5.27. The van der Waals surface area contributed by atoms with Crippen LogP contribution >= 0.6 is 0 Å². The SMILES string of the molecule is CC(C)N(C)C(=O)NC(CCN1CCOCC1)C(=O)[O-].[K+]. The molecular formula is C13H24KN3O4. The van der Waals surface area contributed by atoms with E-state index in [9.17, 15) is 14.7 Å². The number of amides is 2. The number of rotatable bonds is 6. The molecule has 1 rings (SSSR count). The molecular weight excluding hydrogens is 301 g/mol. The summed E-state index contributed by atoms with van der Waals surface area (Å²) in [6, 6.07) is -1.35. The molecule has 0 aliphatic carbocycles. The molecule has 8 heteroatoms. The molecule has 0 saturated carbocycles. The zero-order valence-electron chi connectivity index (χ0n) is 13.4. The number of hydrogen-bond donors (Lipinski definition) is 1. The number of ether oxygens (including phenoxy) is 1. The zero-order valence-corrected chi connectivity index (χ0v) is 16.5.